The zero-order chi connectivity index (χ0) is 17.6. The van der Waals surface area contributed by atoms with Crippen molar-refractivity contribution in [2.24, 2.45) is 0 Å². The van der Waals surface area contributed by atoms with E-state index < -0.39 is 0 Å². The summed E-state index contributed by atoms with van der Waals surface area (Å²) in [7, 11) is 1.35. The van der Waals surface area contributed by atoms with E-state index in [2.05, 4.69) is 16.1 Å². The Kier molecular flexibility index (Phi) is 5.09. The van der Waals surface area contributed by atoms with Crippen molar-refractivity contribution in [3.05, 3.63) is 83.4 Å². The first-order valence-corrected chi connectivity index (χ1v) is 8.07. The molecule has 0 aliphatic rings. The zero-order valence-electron chi connectivity index (χ0n) is 14.0. The summed E-state index contributed by atoms with van der Waals surface area (Å²) in [6, 6.07) is 21.1. The number of nitrogens with one attached hydrogen (secondary N) is 1. The molecule has 0 spiro atoms. The fraction of sp³-hybridized carbons (Fsp3) is 0.143. The van der Waals surface area contributed by atoms with Gasteiger partial charge in [0.1, 0.15) is 0 Å². The standard InChI is InChI=1S/C21H19NO3/c1-25-21(24)18-10-6-15(7-11-18)14-22-20(23)13-16-8-9-17-4-2-3-5-19(17)12-16/h2-12H,13-14H2,1H3,(H,22,23). The lowest BCUT2D eigenvalue weighted by molar-refractivity contribution is -0.120. The van der Waals surface area contributed by atoms with Crippen LogP contribution >= 0.6 is 0 Å². The summed E-state index contributed by atoms with van der Waals surface area (Å²) >= 11 is 0. The number of methoxy groups -OCH3 is 1. The molecule has 0 aromatic heterocycles. The van der Waals surface area contributed by atoms with Gasteiger partial charge in [-0.1, -0.05) is 54.6 Å². The fourth-order valence-corrected chi connectivity index (χ4v) is 2.67. The average Bonchev–Trinajstić information content (AvgIpc) is 2.66. The van der Waals surface area contributed by atoms with Crippen molar-refractivity contribution in [2.75, 3.05) is 7.11 Å². The van der Waals surface area contributed by atoms with Gasteiger partial charge in [0.25, 0.3) is 0 Å². The third-order valence-corrected chi connectivity index (χ3v) is 4.04. The summed E-state index contributed by atoms with van der Waals surface area (Å²) < 4.78 is 4.66. The number of hydrogen-bond acceptors (Lipinski definition) is 3. The maximum Gasteiger partial charge on any atom is 0.337 e. The minimum Gasteiger partial charge on any atom is -0.465 e. The van der Waals surface area contributed by atoms with Crippen LogP contribution in [0.5, 0.6) is 0 Å². The Labute approximate surface area is 146 Å². The summed E-state index contributed by atoms with van der Waals surface area (Å²) in [5, 5.41) is 5.20. The fourth-order valence-electron chi connectivity index (χ4n) is 2.67. The van der Waals surface area contributed by atoms with Gasteiger partial charge in [0.05, 0.1) is 19.1 Å². The van der Waals surface area contributed by atoms with Crippen LogP contribution in [0.2, 0.25) is 0 Å². The number of benzene rings is 3. The highest BCUT2D eigenvalue weighted by Gasteiger charge is 2.06. The molecule has 3 aromatic carbocycles. The summed E-state index contributed by atoms with van der Waals surface area (Å²) in [5.41, 5.74) is 2.41. The highest BCUT2D eigenvalue weighted by atomic mass is 16.5. The van der Waals surface area contributed by atoms with Crippen LogP contribution in [0.25, 0.3) is 10.8 Å². The maximum atomic E-state index is 12.2. The van der Waals surface area contributed by atoms with Crippen LogP contribution in [-0.2, 0) is 22.5 Å². The smallest absolute Gasteiger partial charge is 0.337 e. The molecule has 0 saturated carbocycles. The average molecular weight is 333 g/mol. The minimum atomic E-state index is -0.369. The quantitative estimate of drug-likeness (QED) is 0.727. The first kappa shape index (κ1) is 16.7. The van der Waals surface area contributed by atoms with E-state index in [1.807, 2.05) is 48.5 Å². The van der Waals surface area contributed by atoms with Crippen LogP contribution in [0, 0.1) is 0 Å². The highest BCUT2D eigenvalue weighted by Crippen LogP contribution is 2.16. The first-order valence-electron chi connectivity index (χ1n) is 8.07. The van der Waals surface area contributed by atoms with Gasteiger partial charge in [-0.25, -0.2) is 4.79 Å². The van der Waals surface area contributed by atoms with Gasteiger partial charge in [-0.15, -0.1) is 0 Å². The maximum absolute atomic E-state index is 12.2. The van der Waals surface area contributed by atoms with E-state index in [9.17, 15) is 9.59 Å². The van der Waals surface area contributed by atoms with E-state index in [4.69, 9.17) is 0 Å². The molecule has 0 unspecified atom stereocenters. The largest absolute Gasteiger partial charge is 0.465 e. The summed E-state index contributed by atoms with van der Waals surface area (Å²) in [5.74, 6) is -0.404. The van der Waals surface area contributed by atoms with Crippen molar-refractivity contribution in [3.8, 4) is 0 Å². The molecule has 3 aromatic rings. The van der Waals surface area contributed by atoms with Crippen molar-refractivity contribution in [3.63, 3.8) is 0 Å². The van der Waals surface area contributed by atoms with E-state index in [0.717, 1.165) is 21.9 Å². The molecule has 3 rings (SSSR count). The first-order chi connectivity index (χ1) is 12.2. The van der Waals surface area contributed by atoms with E-state index in [1.54, 1.807) is 12.1 Å². The molecule has 0 bridgehead atoms. The Morgan fingerprint density at radius 1 is 0.880 bits per heavy atom. The van der Waals surface area contributed by atoms with Gasteiger partial charge < -0.3 is 10.1 Å². The van der Waals surface area contributed by atoms with Gasteiger partial charge in [0, 0.05) is 6.54 Å². The molecule has 25 heavy (non-hydrogen) atoms. The third-order valence-electron chi connectivity index (χ3n) is 4.04. The topological polar surface area (TPSA) is 55.4 Å². The van der Waals surface area contributed by atoms with Crippen LogP contribution in [0.1, 0.15) is 21.5 Å². The predicted octanol–water partition coefficient (Wildman–Crippen LogP) is 3.49. The Morgan fingerprint density at radius 3 is 2.28 bits per heavy atom. The monoisotopic (exact) mass is 333 g/mol. The van der Waals surface area contributed by atoms with Crippen LogP contribution in [-0.4, -0.2) is 19.0 Å². The van der Waals surface area contributed by atoms with Crippen molar-refractivity contribution in [1.29, 1.82) is 0 Å². The Bertz CT molecular complexity index is 900. The molecule has 0 fully saturated rings. The molecular formula is C21H19NO3. The number of carbonyl (C=O) groups excluding carboxylic acids is 2. The number of amides is 1. The Balaban J connectivity index is 1.57. The van der Waals surface area contributed by atoms with Crippen molar-refractivity contribution >= 4 is 22.6 Å². The molecule has 1 N–H and O–H groups in total. The van der Waals surface area contributed by atoms with Gasteiger partial charge in [-0.3, -0.25) is 4.79 Å². The van der Waals surface area contributed by atoms with E-state index in [1.165, 1.54) is 7.11 Å². The molecule has 0 atom stereocenters. The number of ether oxygens (including phenoxy) is 1. The number of hydrogen-bond donors (Lipinski definition) is 1. The number of esters is 1. The lowest BCUT2D eigenvalue weighted by atomic mass is 10.0. The summed E-state index contributed by atoms with van der Waals surface area (Å²) in [4.78, 5) is 23.6. The highest BCUT2D eigenvalue weighted by molar-refractivity contribution is 5.89. The lowest BCUT2D eigenvalue weighted by Crippen LogP contribution is -2.24. The van der Waals surface area contributed by atoms with Gasteiger partial charge in [0.2, 0.25) is 5.91 Å². The Hall–Kier alpha value is -3.14. The predicted molar refractivity (Wildman–Crippen MR) is 97.3 cm³/mol. The summed E-state index contributed by atoms with van der Waals surface area (Å²) in [6.07, 6.45) is 0.338. The molecule has 1 amide bonds. The van der Waals surface area contributed by atoms with Gasteiger partial charge in [0.15, 0.2) is 0 Å². The van der Waals surface area contributed by atoms with Gasteiger partial charge >= 0.3 is 5.97 Å². The summed E-state index contributed by atoms with van der Waals surface area (Å²) in [6.45, 7) is 0.424. The van der Waals surface area contributed by atoms with Crippen molar-refractivity contribution in [2.45, 2.75) is 13.0 Å². The van der Waals surface area contributed by atoms with Crippen molar-refractivity contribution < 1.29 is 14.3 Å². The number of fused-ring (bicyclic) bond motifs is 1. The SMILES string of the molecule is COC(=O)c1ccc(CNC(=O)Cc2ccc3ccccc3c2)cc1. The van der Waals surface area contributed by atoms with Crippen LogP contribution < -0.4 is 5.32 Å². The normalized spacial score (nSPS) is 10.4. The second-order valence-corrected chi connectivity index (χ2v) is 5.82. The van der Waals surface area contributed by atoms with Crippen molar-refractivity contribution in [1.82, 2.24) is 5.32 Å². The van der Waals surface area contributed by atoms with Crippen LogP contribution in [0.4, 0.5) is 0 Å². The molecule has 0 aliphatic carbocycles. The lowest BCUT2D eigenvalue weighted by Gasteiger charge is -2.07. The Morgan fingerprint density at radius 2 is 1.56 bits per heavy atom. The van der Waals surface area contributed by atoms with Crippen LogP contribution in [0.3, 0.4) is 0 Å². The second-order valence-electron chi connectivity index (χ2n) is 5.82. The van der Waals surface area contributed by atoms with Gasteiger partial charge in [-0.05, 0) is 34.0 Å². The molecule has 0 heterocycles. The zero-order valence-corrected chi connectivity index (χ0v) is 14.0. The molecular weight excluding hydrogens is 314 g/mol. The van der Waals surface area contributed by atoms with Crippen LogP contribution in [0.15, 0.2) is 66.7 Å². The second kappa shape index (κ2) is 7.62. The molecule has 4 nitrogen and oxygen atoms in total. The third kappa shape index (κ3) is 4.23. The van der Waals surface area contributed by atoms with E-state index in [0.29, 0.717) is 18.5 Å². The number of rotatable bonds is 5. The number of carbonyl (C=O) groups is 2. The molecule has 126 valence electrons. The molecule has 0 aliphatic heterocycles. The molecule has 4 heteroatoms. The van der Waals surface area contributed by atoms with Gasteiger partial charge in [-0.2, -0.15) is 0 Å². The van der Waals surface area contributed by atoms with E-state index >= 15 is 0 Å². The molecule has 0 saturated heterocycles. The molecule has 0 radical (unpaired) electrons. The minimum absolute atomic E-state index is 0.0349. The van der Waals surface area contributed by atoms with E-state index in [-0.39, 0.29) is 11.9 Å².